The summed E-state index contributed by atoms with van der Waals surface area (Å²) in [7, 11) is 0. The molecular weight excluding hydrogens is 262 g/mol. The Labute approximate surface area is 114 Å². The standard InChI is InChI=1S/C13H13N3O2S/c1-2-9-5-6-11(18-9)12(17)16-13-15-8-10(19-13)4-3-7-14/h5-6,8H,2,7,14H2,1H3,(H,15,16,17). The number of furan rings is 1. The second-order valence-electron chi connectivity index (χ2n) is 3.61. The number of hydrogen-bond donors (Lipinski definition) is 2. The molecule has 2 aromatic heterocycles. The highest BCUT2D eigenvalue weighted by Crippen LogP contribution is 2.18. The molecule has 0 aliphatic heterocycles. The Balaban J connectivity index is 2.04. The number of amides is 1. The van der Waals surface area contributed by atoms with Gasteiger partial charge in [0.1, 0.15) is 5.76 Å². The first-order valence-electron chi connectivity index (χ1n) is 5.77. The van der Waals surface area contributed by atoms with Gasteiger partial charge in [-0.3, -0.25) is 10.1 Å². The minimum atomic E-state index is -0.313. The highest BCUT2D eigenvalue weighted by molar-refractivity contribution is 7.16. The van der Waals surface area contributed by atoms with Gasteiger partial charge >= 0.3 is 0 Å². The Morgan fingerprint density at radius 2 is 2.42 bits per heavy atom. The van der Waals surface area contributed by atoms with Crippen molar-refractivity contribution in [3.8, 4) is 11.8 Å². The van der Waals surface area contributed by atoms with Crippen LogP contribution < -0.4 is 11.1 Å². The van der Waals surface area contributed by atoms with Crippen LogP contribution in [-0.4, -0.2) is 17.4 Å². The zero-order valence-corrected chi connectivity index (χ0v) is 11.2. The zero-order chi connectivity index (χ0) is 13.7. The first kappa shape index (κ1) is 13.3. The van der Waals surface area contributed by atoms with Crippen LogP contribution >= 0.6 is 11.3 Å². The number of aryl methyl sites for hydroxylation is 1. The van der Waals surface area contributed by atoms with Crippen LogP contribution in [0.15, 0.2) is 22.7 Å². The van der Waals surface area contributed by atoms with Crippen molar-refractivity contribution in [1.82, 2.24) is 4.98 Å². The van der Waals surface area contributed by atoms with E-state index in [-0.39, 0.29) is 11.7 Å². The molecule has 2 aromatic rings. The Morgan fingerprint density at radius 1 is 1.58 bits per heavy atom. The molecule has 0 atom stereocenters. The number of nitrogens with zero attached hydrogens (tertiary/aromatic N) is 1. The molecule has 0 saturated heterocycles. The van der Waals surface area contributed by atoms with Gasteiger partial charge in [0.25, 0.3) is 5.91 Å². The number of aromatic nitrogens is 1. The van der Waals surface area contributed by atoms with E-state index in [0.717, 1.165) is 17.1 Å². The molecule has 2 rings (SSSR count). The normalized spacial score (nSPS) is 9.79. The molecule has 0 spiro atoms. The zero-order valence-electron chi connectivity index (χ0n) is 10.4. The van der Waals surface area contributed by atoms with Crippen LogP contribution in [0.25, 0.3) is 0 Å². The smallest absolute Gasteiger partial charge is 0.293 e. The summed E-state index contributed by atoms with van der Waals surface area (Å²) in [6.07, 6.45) is 2.35. The van der Waals surface area contributed by atoms with Crippen molar-refractivity contribution in [2.24, 2.45) is 5.73 Å². The molecule has 0 unspecified atom stereocenters. The molecule has 3 N–H and O–H groups in total. The first-order chi connectivity index (χ1) is 9.22. The van der Waals surface area contributed by atoms with Gasteiger partial charge in [-0.2, -0.15) is 0 Å². The van der Waals surface area contributed by atoms with Crippen molar-refractivity contribution in [3.05, 3.63) is 34.7 Å². The van der Waals surface area contributed by atoms with Gasteiger partial charge < -0.3 is 10.2 Å². The highest BCUT2D eigenvalue weighted by atomic mass is 32.1. The number of anilines is 1. The van der Waals surface area contributed by atoms with Gasteiger partial charge in [0.05, 0.1) is 17.6 Å². The van der Waals surface area contributed by atoms with Gasteiger partial charge in [-0.25, -0.2) is 4.98 Å². The van der Waals surface area contributed by atoms with E-state index in [1.54, 1.807) is 18.3 Å². The number of nitrogens with one attached hydrogen (secondary N) is 1. The van der Waals surface area contributed by atoms with Crippen molar-refractivity contribution in [2.75, 3.05) is 11.9 Å². The molecule has 19 heavy (non-hydrogen) atoms. The van der Waals surface area contributed by atoms with Gasteiger partial charge in [0.15, 0.2) is 10.9 Å². The second kappa shape index (κ2) is 6.18. The fraction of sp³-hybridized carbons (Fsp3) is 0.231. The monoisotopic (exact) mass is 275 g/mol. The van der Waals surface area contributed by atoms with Crippen LogP contribution in [0.1, 0.15) is 28.1 Å². The largest absolute Gasteiger partial charge is 0.456 e. The summed E-state index contributed by atoms with van der Waals surface area (Å²) in [4.78, 5) is 16.7. The Hall–Kier alpha value is -2.10. The van der Waals surface area contributed by atoms with Gasteiger partial charge in [0.2, 0.25) is 0 Å². The van der Waals surface area contributed by atoms with Crippen LogP contribution in [0.4, 0.5) is 5.13 Å². The quantitative estimate of drug-likeness (QED) is 0.838. The number of thiazole rings is 1. The predicted molar refractivity (Wildman–Crippen MR) is 74.1 cm³/mol. The van der Waals surface area contributed by atoms with E-state index >= 15 is 0 Å². The number of hydrogen-bond acceptors (Lipinski definition) is 5. The van der Waals surface area contributed by atoms with E-state index in [9.17, 15) is 4.79 Å². The first-order valence-corrected chi connectivity index (χ1v) is 6.59. The lowest BCUT2D eigenvalue weighted by Crippen LogP contribution is -2.10. The maximum atomic E-state index is 11.9. The number of nitrogens with two attached hydrogens (primary N) is 1. The van der Waals surface area contributed by atoms with E-state index in [2.05, 4.69) is 22.1 Å². The lowest BCUT2D eigenvalue weighted by Gasteiger charge is -1.97. The molecule has 0 aliphatic carbocycles. The van der Waals surface area contributed by atoms with Crippen LogP contribution in [0.5, 0.6) is 0 Å². The Morgan fingerprint density at radius 3 is 3.11 bits per heavy atom. The molecular formula is C13H13N3O2S. The van der Waals surface area contributed by atoms with E-state index in [1.807, 2.05) is 6.92 Å². The van der Waals surface area contributed by atoms with E-state index in [0.29, 0.717) is 11.7 Å². The van der Waals surface area contributed by atoms with Crippen molar-refractivity contribution in [2.45, 2.75) is 13.3 Å². The van der Waals surface area contributed by atoms with Gasteiger partial charge in [0, 0.05) is 6.42 Å². The molecule has 5 nitrogen and oxygen atoms in total. The van der Waals surface area contributed by atoms with Crippen LogP contribution in [0, 0.1) is 11.8 Å². The molecule has 0 saturated carbocycles. The van der Waals surface area contributed by atoms with Crippen LogP contribution in [-0.2, 0) is 6.42 Å². The SMILES string of the molecule is CCc1ccc(C(=O)Nc2ncc(C#CCN)s2)o1. The molecule has 6 heteroatoms. The van der Waals surface area contributed by atoms with Crippen LogP contribution in [0.3, 0.4) is 0 Å². The minimum Gasteiger partial charge on any atom is -0.456 e. The molecule has 0 aliphatic rings. The topological polar surface area (TPSA) is 81.2 Å². The third kappa shape index (κ3) is 3.44. The summed E-state index contributed by atoms with van der Waals surface area (Å²) in [5, 5.41) is 3.15. The summed E-state index contributed by atoms with van der Waals surface area (Å²) in [6, 6.07) is 3.44. The highest BCUT2D eigenvalue weighted by Gasteiger charge is 2.12. The second-order valence-corrected chi connectivity index (χ2v) is 4.64. The maximum Gasteiger partial charge on any atom is 0.293 e. The molecule has 2 heterocycles. The van der Waals surface area contributed by atoms with Gasteiger partial charge in [-0.1, -0.05) is 30.1 Å². The minimum absolute atomic E-state index is 0.279. The van der Waals surface area contributed by atoms with E-state index in [1.165, 1.54) is 11.3 Å². The number of rotatable bonds is 3. The molecule has 0 fully saturated rings. The molecule has 1 amide bonds. The fourth-order valence-corrected chi connectivity index (χ4v) is 2.06. The van der Waals surface area contributed by atoms with Gasteiger partial charge in [-0.15, -0.1) is 0 Å². The lowest BCUT2D eigenvalue weighted by molar-refractivity contribution is 0.0995. The molecule has 0 bridgehead atoms. The molecule has 0 radical (unpaired) electrons. The Kier molecular flexibility index (Phi) is 4.34. The van der Waals surface area contributed by atoms with E-state index in [4.69, 9.17) is 10.2 Å². The van der Waals surface area contributed by atoms with E-state index < -0.39 is 0 Å². The third-order valence-corrected chi connectivity index (χ3v) is 3.10. The van der Waals surface area contributed by atoms with Crippen molar-refractivity contribution in [3.63, 3.8) is 0 Å². The summed E-state index contributed by atoms with van der Waals surface area (Å²) < 4.78 is 5.36. The van der Waals surface area contributed by atoms with Crippen molar-refractivity contribution >= 4 is 22.4 Å². The number of carbonyl (C=O) groups is 1. The van der Waals surface area contributed by atoms with Gasteiger partial charge in [-0.05, 0) is 12.1 Å². The lowest BCUT2D eigenvalue weighted by atomic mass is 10.3. The summed E-state index contributed by atoms with van der Waals surface area (Å²) in [5.74, 6) is 6.33. The molecule has 0 aromatic carbocycles. The number of carbonyl (C=O) groups excluding carboxylic acids is 1. The molecule has 98 valence electrons. The predicted octanol–water partition coefficient (Wildman–Crippen LogP) is 1.86. The maximum absolute atomic E-state index is 11.9. The summed E-state index contributed by atoms with van der Waals surface area (Å²) in [5.41, 5.74) is 5.28. The summed E-state index contributed by atoms with van der Waals surface area (Å²) in [6.45, 7) is 2.26. The average molecular weight is 275 g/mol. The van der Waals surface area contributed by atoms with Crippen LogP contribution in [0.2, 0.25) is 0 Å². The van der Waals surface area contributed by atoms with Crippen molar-refractivity contribution in [1.29, 1.82) is 0 Å². The average Bonchev–Trinajstić information content (AvgIpc) is 3.05. The fourth-order valence-electron chi connectivity index (χ4n) is 1.38. The van der Waals surface area contributed by atoms with Crippen molar-refractivity contribution < 1.29 is 9.21 Å². The summed E-state index contributed by atoms with van der Waals surface area (Å²) >= 11 is 1.29. The Bertz CT molecular complexity index is 634. The third-order valence-electron chi connectivity index (χ3n) is 2.27.